The highest BCUT2D eigenvalue weighted by Gasteiger charge is 2.22. The summed E-state index contributed by atoms with van der Waals surface area (Å²) in [5.74, 6) is 1.16. The first-order valence-corrected chi connectivity index (χ1v) is 3.89. The molecule has 0 aromatic heterocycles. The number of hydrogen-bond acceptors (Lipinski definition) is 3. The third-order valence-corrected chi connectivity index (χ3v) is 2.32. The molecule has 1 fully saturated rings. The van der Waals surface area contributed by atoms with Gasteiger partial charge < -0.3 is 10.0 Å². The SMILES string of the molecule is CN1C(=O)CSCC1O. The first-order valence-electron chi connectivity index (χ1n) is 2.73. The molecule has 0 aliphatic carbocycles. The summed E-state index contributed by atoms with van der Waals surface area (Å²) in [6, 6.07) is 0. The topological polar surface area (TPSA) is 40.5 Å². The predicted molar refractivity (Wildman–Crippen MR) is 36.1 cm³/mol. The first-order chi connectivity index (χ1) is 4.22. The Morgan fingerprint density at radius 1 is 1.89 bits per heavy atom. The van der Waals surface area contributed by atoms with E-state index in [1.54, 1.807) is 7.05 Å². The number of nitrogens with zero attached hydrogens (tertiary/aromatic N) is 1. The van der Waals surface area contributed by atoms with Gasteiger partial charge in [-0.2, -0.15) is 0 Å². The maximum Gasteiger partial charge on any atom is 0.234 e. The molecule has 1 N–H and O–H groups in total. The lowest BCUT2D eigenvalue weighted by Gasteiger charge is -2.27. The number of carbonyl (C=O) groups is 1. The predicted octanol–water partition coefficient (Wildman–Crippen LogP) is -0.490. The van der Waals surface area contributed by atoms with E-state index < -0.39 is 6.23 Å². The zero-order valence-corrected chi connectivity index (χ0v) is 6.02. The summed E-state index contributed by atoms with van der Waals surface area (Å²) < 4.78 is 0. The molecule has 0 saturated carbocycles. The number of aliphatic hydroxyl groups is 1. The van der Waals surface area contributed by atoms with Crippen LogP contribution in [0.2, 0.25) is 0 Å². The molecule has 1 aliphatic heterocycles. The number of carbonyl (C=O) groups excluding carboxylic acids is 1. The van der Waals surface area contributed by atoms with E-state index in [-0.39, 0.29) is 5.91 Å². The van der Waals surface area contributed by atoms with Crippen molar-refractivity contribution in [2.75, 3.05) is 18.6 Å². The Morgan fingerprint density at radius 3 is 3.00 bits per heavy atom. The molecule has 1 rings (SSSR count). The quantitative estimate of drug-likeness (QED) is 0.502. The van der Waals surface area contributed by atoms with Crippen molar-refractivity contribution >= 4 is 17.7 Å². The van der Waals surface area contributed by atoms with Crippen LogP contribution in [0.15, 0.2) is 0 Å². The standard InChI is InChI=1S/C5H9NO2S/c1-6-4(7)2-9-3-5(6)8/h4,7H,2-3H2,1H3. The molecule has 1 saturated heterocycles. The van der Waals surface area contributed by atoms with E-state index in [0.29, 0.717) is 11.5 Å². The van der Waals surface area contributed by atoms with E-state index in [1.165, 1.54) is 16.7 Å². The van der Waals surface area contributed by atoms with Crippen LogP contribution in [0.3, 0.4) is 0 Å². The maximum atomic E-state index is 10.7. The summed E-state index contributed by atoms with van der Waals surface area (Å²) in [4.78, 5) is 12.1. The van der Waals surface area contributed by atoms with Crippen LogP contribution in [0.4, 0.5) is 0 Å². The van der Waals surface area contributed by atoms with E-state index >= 15 is 0 Å². The molecular weight excluding hydrogens is 138 g/mol. The van der Waals surface area contributed by atoms with Gasteiger partial charge in [0.15, 0.2) is 0 Å². The van der Waals surface area contributed by atoms with Gasteiger partial charge >= 0.3 is 0 Å². The average Bonchev–Trinajstić information content (AvgIpc) is 1.83. The van der Waals surface area contributed by atoms with Crippen LogP contribution >= 0.6 is 11.8 Å². The Balaban J connectivity index is 2.51. The Bertz CT molecular complexity index is 128. The highest BCUT2D eigenvalue weighted by atomic mass is 32.2. The molecule has 1 aliphatic rings. The van der Waals surface area contributed by atoms with E-state index in [0.717, 1.165) is 0 Å². The van der Waals surface area contributed by atoms with Crippen LogP contribution in [-0.4, -0.2) is 40.7 Å². The van der Waals surface area contributed by atoms with Gasteiger partial charge in [0.1, 0.15) is 6.23 Å². The van der Waals surface area contributed by atoms with Gasteiger partial charge in [-0.05, 0) is 0 Å². The van der Waals surface area contributed by atoms with Gasteiger partial charge in [0.25, 0.3) is 0 Å². The summed E-state index contributed by atoms with van der Waals surface area (Å²) in [6.07, 6.45) is -0.573. The summed E-state index contributed by atoms with van der Waals surface area (Å²) in [7, 11) is 1.62. The molecule has 0 spiro atoms. The van der Waals surface area contributed by atoms with E-state index in [4.69, 9.17) is 5.11 Å². The summed E-state index contributed by atoms with van der Waals surface area (Å²) in [6.45, 7) is 0. The summed E-state index contributed by atoms with van der Waals surface area (Å²) in [5.41, 5.74) is 0. The van der Waals surface area contributed by atoms with Crippen molar-refractivity contribution in [3.8, 4) is 0 Å². The van der Waals surface area contributed by atoms with Gasteiger partial charge in [-0.25, -0.2) is 0 Å². The molecule has 0 aromatic carbocycles. The van der Waals surface area contributed by atoms with Crippen LogP contribution in [0, 0.1) is 0 Å². The first kappa shape index (κ1) is 6.89. The van der Waals surface area contributed by atoms with Gasteiger partial charge in [-0.3, -0.25) is 4.79 Å². The molecule has 1 unspecified atom stereocenters. The lowest BCUT2D eigenvalue weighted by Crippen LogP contribution is -2.43. The normalized spacial score (nSPS) is 28.9. The molecule has 0 bridgehead atoms. The average molecular weight is 147 g/mol. The number of thioether (sulfide) groups is 1. The second-order valence-electron chi connectivity index (χ2n) is 2.00. The van der Waals surface area contributed by atoms with Crippen molar-refractivity contribution in [3.63, 3.8) is 0 Å². The third-order valence-electron chi connectivity index (χ3n) is 1.33. The Kier molecular flexibility index (Phi) is 1.97. The van der Waals surface area contributed by atoms with E-state index in [1.807, 2.05) is 0 Å². The molecule has 0 radical (unpaired) electrons. The fourth-order valence-electron chi connectivity index (χ4n) is 0.631. The Labute approximate surface area is 58.0 Å². The molecule has 9 heavy (non-hydrogen) atoms. The van der Waals surface area contributed by atoms with Crippen LogP contribution < -0.4 is 0 Å². The lowest BCUT2D eigenvalue weighted by atomic mass is 10.5. The largest absolute Gasteiger partial charge is 0.373 e. The van der Waals surface area contributed by atoms with E-state index in [2.05, 4.69) is 0 Å². The van der Waals surface area contributed by atoms with Gasteiger partial charge in [0, 0.05) is 12.8 Å². The zero-order chi connectivity index (χ0) is 6.85. The van der Waals surface area contributed by atoms with Gasteiger partial charge in [-0.15, -0.1) is 11.8 Å². The molecule has 1 amide bonds. The smallest absolute Gasteiger partial charge is 0.234 e. The summed E-state index contributed by atoms with van der Waals surface area (Å²) >= 11 is 1.47. The van der Waals surface area contributed by atoms with Crippen molar-refractivity contribution < 1.29 is 9.90 Å². The van der Waals surface area contributed by atoms with Crippen molar-refractivity contribution in [1.29, 1.82) is 0 Å². The Morgan fingerprint density at radius 2 is 2.56 bits per heavy atom. The molecule has 1 heterocycles. The number of rotatable bonds is 0. The van der Waals surface area contributed by atoms with Crippen LogP contribution in [0.1, 0.15) is 0 Å². The molecule has 1 atom stereocenters. The van der Waals surface area contributed by atoms with Crippen molar-refractivity contribution in [1.82, 2.24) is 4.90 Å². The molecular formula is C5H9NO2S. The number of amides is 1. The summed E-state index contributed by atoms with van der Waals surface area (Å²) in [5, 5.41) is 9.03. The number of aliphatic hydroxyl groups excluding tert-OH is 1. The number of hydrogen-bond donors (Lipinski definition) is 1. The fourth-order valence-corrected chi connectivity index (χ4v) is 1.56. The van der Waals surface area contributed by atoms with Crippen molar-refractivity contribution in [3.05, 3.63) is 0 Å². The van der Waals surface area contributed by atoms with Crippen molar-refractivity contribution in [2.24, 2.45) is 0 Å². The fraction of sp³-hybridized carbons (Fsp3) is 0.800. The third kappa shape index (κ3) is 1.37. The van der Waals surface area contributed by atoms with Crippen LogP contribution in [0.25, 0.3) is 0 Å². The van der Waals surface area contributed by atoms with Crippen LogP contribution in [-0.2, 0) is 4.79 Å². The molecule has 4 heteroatoms. The molecule has 52 valence electrons. The molecule has 0 aromatic rings. The minimum Gasteiger partial charge on any atom is -0.373 e. The van der Waals surface area contributed by atoms with Gasteiger partial charge in [-0.1, -0.05) is 0 Å². The minimum atomic E-state index is -0.573. The minimum absolute atomic E-state index is 0.0127. The molecule has 3 nitrogen and oxygen atoms in total. The van der Waals surface area contributed by atoms with Crippen molar-refractivity contribution in [2.45, 2.75) is 6.23 Å². The monoisotopic (exact) mass is 147 g/mol. The zero-order valence-electron chi connectivity index (χ0n) is 5.20. The second-order valence-corrected chi connectivity index (χ2v) is 3.03. The second kappa shape index (κ2) is 2.58. The van der Waals surface area contributed by atoms with Gasteiger partial charge in [0.2, 0.25) is 5.91 Å². The highest BCUT2D eigenvalue weighted by molar-refractivity contribution is 8.00. The van der Waals surface area contributed by atoms with Gasteiger partial charge in [0.05, 0.1) is 5.75 Å². The Hall–Kier alpha value is -0.220. The van der Waals surface area contributed by atoms with E-state index in [9.17, 15) is 4.79 Å². The lowest BCUT2D eigenvalue weighted by molar-refractivity contribution is -0.135. The van der Waals surface area contributed by atoms with Crippen LogP contribution in [0.5, 0.6) is 0 Å². The highest BCUT2D eigenvalue weighted by Crippen LogP contribution is 2.12. The maximum absolute atomic E-state index is 10.7.